The topological polar surface area (TPSA) is 68.8 Å². The third-order valence-electron chi connectivity index (χ3n) is 4.16. The van der Waals surface area contributed by atoms with Gasteiger partial charge in [0.2, 0.25) is 0 Å². The van der Waals surface area contributed by atoms with Gasteiger partial charge >= 0.3 is 0 Å². The fraction of sp³-hybridized carbons (Fsp3) is 0.250. The molecular formula is C20H21BrN2O4S. The number of hydrogen-bond acceptors (Lipinski definition) is 6. The first-order valence-electron chi connectivity index (χ1n) is 8.47. The lowest BCUT2D eigenvalue weighted by molar-refractivity contribution is -0.116. The maximum atomic E-state index is 12.4. The molecule has 1 unspecified atom stereocenters. The second kappa shape index (κ2) is 8.79. The summed E-state index contributed by atoms with van der Waals surface area (Å²) < 4.78 is 16.8. The highest BCUT2D eigenvalue weighted by atomic mass is 79.9. The monoisotopic (exact) mass is 464 g/mol. The van der Waals surface area contributed by atoms with Crippen molar-refractivity contribution in [2.24, 2.45) is 0 Å². The number of methoxy groups -OCH3 is 3. The van der Waals surface area contributed by atoms with Gasteiger partial charge in [-0.3, -0.25) is 4.79 Å². The van der Waals surface area contributed by atoms with Crippen LogP contribution in [-0.2, 0) is 4.79 Å². The Morgan fingerprint density at radius 3 is 2.43 bits per heavy atom. The lowest BCUT2D eigenvalue weighted by atomic mass is 10.2. The molecule has 1 fully saturated rings. The van der Waals surface area contributed by atoms with Crippen molar-refractivity contribution < 1.29 is 19.0 Å². The first kappa shape index (κ1) is 20.4. The summed E-state index contributed by atoms with van der Waals surface area (Å²) in [6.07, 6.45) is 1.82. The van der Waals surface area contributed by atoms with Crippen molar-refractivity contribution in [1.29, 1.82) is 0 Å². The molecule has 1 aliphatic heterocycles. The molecule has 0 aromatic heterocycles. The Kier molecular flexibility index (Phi) is 6.41. The summed E-state index contributed by atoms with van der Waals surface area (Å²) in [4.78, 5) is 13.0. The number of rotatable bonds is 6. The zero-order chi connectivity index (χ0) is 20.3. The van der Waals surface area contributed by atoms with Crippen molar-refractivity contribution in [1.82, 2.24) is 5.32 Å². The van der Waals surface area contributed by atoms with Crippen molar-refractivity contribution in [2.75, 3.05) is 26.6 Å². The summed E-state index contributed by atoms with van der Waals surface area (Å²) in [5.41, 5.74) is 2.45. The highest BCUT2D eigenvalue weighted by Gasteiger charge is 2.28. The zero-order valence-corrected chi connectivity index (χ0v) is 18.4. The SMILES string of the molecule is COc1ccc(C)cc1NC1NC(=O)/C(=C/c2cc(OC)c(OC)cc2Br)S1. The number of aryl methyl sites for hydroxylation is 1. The van der Waals surface area contributed by atoms with Gasteiger partial charge in [0.25, 0.3) is 5.91 Å². The molecule has 0 aliphatic carbocycles. The number of ether oxygens (including phenoxy) is 3. The molecule has 0 radical (unpaired) electrons. The number of carbonyl (C=O) groups excluding carboxylic acids is 1. The van der Waals surface area contributed by atoms with Crippen molar-refractivity contribution in [3.63, 3.8) is 0 Å². The van der Waals surface area contributed by atoms with E-state index in [-0.39, 0.29) is 11.4 Å². The maximum absolute atomic E-state index is 12.4. The Morgan fingerprint density at radius 1 is 1.07 bits per heavy atom. The van der Waals surface area contributed by atoms with E-state index in [1.165, 1.54) is 11.8 Å². The lowest BCUT2D eigenvalue weighted by Crippen LogP contribution is -2.31. The number of benzene rings is 2. The van der Waals surface area contributed by atoms with E-state index >= 15 is 0 Å². The Morgan fingerprint density at radius 2 is 1.75 bits per heavy atom. The van der Waals surface area contributed by atoms with E-state index in [1.54, 1.807) is 21.3 Å². The van der Waals surface area contributed by atoms with Gasteiger partial charge in [-0.05, 0) is 48.4 Å². The van der Waals surface area contributed by atoms with E-state index in [0.29, 0.717) is 16.4 Å². The average molecular weight is 465 g/mol. The average Bonchev–Trinajstić information content (AvgIpc) is 3.02. The predicted octanol–water partition coefficient (Wildman–Crippen LogP) is 4.38. The van der Waals surface area contributed by atoms with Crippen LogP contribution >= 0.6 is 27.7 Å². The summed E-state index contributed by atoms with van der Waals surface area (Å²) in [5.74, 6) is 1.79. The van der Waals surface area contributed by atoms with Crippen molar-refractivity contribution in [3.05, 3.63) is 50.8 Å². The molecule has 1 amide bonds. The molecule has 1 heterocycles. The highest BCUT2D eigenvalue weighted by molar-refractivity contribution is 9.10. The summed E-state index contributed by atoms with van der Waals surface area (Å²) in [6, 6.07) is 9.50. The third kappa shape index (κ3) is 4.39. The summed E-state index contributed by atoms with van der Waals surface area (Å²) in [5, 5.41) is 6.24. The highest BCUT2D eigenvalue weighted by Crippen LogP contribution is 2.37. The van der Waals surface area contributed by atoms with Gasteiger partial charge in [0, 0.05) is 4.47 Å². The first-order chi connectivity index (χ1) is 13.4. The summed E-state index contributed by atoms with van der Waals surface area (Å²) in [7, 11) is 4.78. The van der Waals surface area contributed by atoms with E-state index in [2.05, 4.69) is 26.6 Å². The van der Waals surface area contributed by atoms with E-state index < -0.39 is 0 Å². The van der Waals surface area contributed by atoms with Crippen LogP contribution in [0.3, 0.4) is 0 Å². The minimum Gasteiger partial charge on any atom is -0.495 e. The largest absolute Gasteiger partial charge is 0.495 e. The van der Waals surface area contributed by atoms with Crippen molar-refractivity contribution in [3.8, 4) is 17.2 Å². The van der Waals surface area contributed by atoms with Crippen LogP contribution in [0.15, 0.2) is 39.7 Å². The molecule has 0 saturated carbocycles. The first-order valence-corrected chi connectivity index (χ1v) is 10.1. The molecule has 1 saturated heterocycles. The smallest absolute Gasteiger partial charge is 0.260 e. The molecule has 2 aromatic carbocycles. The van der Waals surface area contributed by atoms with Crippen LogP contribution in [0.25, 0.3) is 6.08 Å². The van der Waals surface area contributed by atoms with Crippen LogP contribution in [0, 0.1) is 6.92 Å². The lowest BCUT2D eigenvalue weighted by Gasteiger charge is -2.16. The second-order valence-corrected chi connectivity index (χ2v) is 8.06. The number of halogens is 1. The van der Waals surface area contributed by atoms with E-state index in [1.807, 2.05) is 43.3 Å². The van der Waals surface area contributed by atoms with Crippen LogP contribution in [0.5, 0.6) is 17.2 Å². The Hall–Kier alpha value is -2.32. The third-order valence-corrected chi connectivity index (χ3v) is 5.88. The maximum Gasteiger partial charge on any atom is 0.260 e. The molecule has 1 aliphatic rings. The normalized spacial score (nSPS) is 17.4. The van der Waals surface area contributed by atoms with Gasteiger partial charge in [-0.1, -0.05) is 33.8 Å². The quantitative estimate of drug-likeness (QED) is 0.618. The van der Waals surface area contributed by atoms with Gasteiger partial charge in [0.1, 0.15) is 5.75 Å². The van der Waals surface area contributed by atoms with Gasteiger partial charge in [0.05, 0.1) is 31.9 Å². The van der Waals surface area contributed by atoms with E-state index in [0.717, 1.165) is 27.0 Å². The minimum absolute atomic E-state index is 0.143. The predicted molar refractivity (Wildman–Crippen MR) is 116 cm³/mol. The van der Waals surface area contributed by atoms with E-state index in [4.69, 9.17) is 14.2 Å². The van der Waals surface area contributed by atoms with Crippen LogP contribution in [0.2, 0.25) is 0 Å². The van der Waals surface area contributed by atoms with Crippen LogP contribution in [0.1, 0.15) is 11.1 Å². The van der Waals surface area contributed by atoms with Crippen LogP contribution in [0.4, 0.5) is 5.69 Å². The number of thioether (sulfide) groups is 1. The standard InChI is InChI=1S/C20H21BrN2O4S/c1-11-5-6-15(25-2)14(7-11)22-20-23-19(24)18(28-20)9-12-8-16(26-3)17(27-4)10-13(12)21/h5-10,20,22H,1-4H3,(H,23,24)/b18-9-. The number of amides is 1. The van der Waals surface area contributed by atoms with Gasteiger partial charge in [-0.25, -0.2) is 0 Å². The van der Waals surface area contributed by atoms with Crippen LogP contribution < -0.4 is 24.8 Å². The zero-order valence-electron chi connectivity index (χ0n) is 16.0. The van der Waals surface area contributed by atoms with Gasteiger partial charge in [-0.2, -0.15) is 0 Å². The van der Waals surface area contributed by atoms with Gasteiger partial charge in [0.15, 0.2) is 17.0 Å². The fourth-order valence-corrected chi connectivity index (χ4v) is 4.17. The number of hydrogen-bond donors (Lipinski definition) is 2. The molecule has 2 aromatic rings. The Labute approximate surface area is 176 Å². The molecule has 2 N–H and O–H groups in total. The molecule has 0 spiro atoms. The second-order valence-electron chi connectivity index (χ2n) is 6.06. The summed E-state index contributed by atoms with van der Waals surface area (Å²) >= 11 is 4.93. The van der Waals surface area contributed by atoms with Crippen molar-refractivity contribution >= 4 is 45.4 Å². The molecule has 6 nitrogen and oxygen atoms in total. The molecule has 148 valence electrons. The molecular weight excluding hydrogens is 444 g/mol. The molecule has 28 heavy (non-hydrogen) atoms. The molecule has 3 rings (SSSR count). The number of nitrogens with one attached hydrogen (secondary N) is 2. The number of anilines is 1. The van der Waals surface area contributed by atoms with E-state index in [9.17, 15) is 4.79 Å². The van der Waals surface area contributed by atoms with Gasteiger partial charge < -0.3 is 24.8 Å². The minimum atomic E-state index is -0.298. The Balaban J connectivity index is 1.83. The fourth-order valence-electron chi connectivity index (χ4n) is 2.76. The molecule has 0 bridgehead atoms. The Bertz CT molecular complexity index is 933. The van der Waals surface area contributed by atoms with Crippen molar-refractivity contribution in [2.45, 2.75) is 12.4 Å². The summed E-state index contributed by atoms with van der Waals surface area (Å²) in [6.45, 7) is 2.00. The molecule has 8 heteroatoms. The van der Waals surface area contributed by atoms with Crippen LogP contribution in [-0.4, -0.2) is 32.7 Å². The van der Waals surface area contributed by atoms with Gasteiger partial charge in [-0.15, -0.1) is 0 Å². The molecule has 1 atom stereocenters. The number of carbonyl (C=O) groups is 1.